The molecule has 0 saturated heterocycles. The molecule has 0 atom stereocenters. The lowest BCUT2D eigenvalue weighted by atomic mass is 10.2. The normalized spacial score (nSPS) is 12.7. The molecule has 23 heavy (non-hydrogen) atoms. The van der Waals surface area contributed by atoms with E-state index in [0.717, 1.165) is 11.3 Å². The fourth-order valence-corrected chi connectivity index (χ4v) is 2.03. The van der Waals surface area contributed by atoms with Gasteiger partial charge in [0.05, 0.1) is 13.2 Å². The fourth-order valence-electron chi connectivity index (χ4n) is 2.03. The highest BCUT2D eigenvalue weighted by Gasteiger charge is 2.28. The number of hydrogen-bond donors (Lipinski definition) is 2. The van der Waals surface area contributed by atoms with Crippen molar-refractivity contribution in [3.63, 3.8) is 0 Å². The van der Waals surface area contributed by atoms with Gasteiger partial charge in [-0.2, -0.15) is 13.2 Å². The van der Waals surface area contributed by atoms with Crippen molar-refractivity contribution in [2.45, 2.75) is 19.2 Å². The number of hydrogen-bond acceptors (Lipinski definition) is 3. The lowest BCUT2D eigenvalue weighted by Gasteiger charge is -2.17. The number of nitrogens with one attached hydrogen (secondary N) is 1. The summed E-state index contributed by atoms with van der Waals surface area (Å²) in [5, 5.41) is 2.98. The topological polar surface area (TPSA) is 62.9 Å². The van der Waals surface area contributed by atoms with Gasteiger partial charge in [-0.25, -0.2) is 0 Å². The smallest absolute Gasteiger partial charge is 0.380 e. The number of methoxy groups -OCH3 is 1. The number of guanidine groups is 1. The predicted octanol–water partition coefficient (Wildman–Crippen LogP) is 2.44. The van der Waals surface area contributed by atoms with Crippen molar-refractivity contribution >= 4 is 11.6 Å². The van der Waals surface area contributed by atoms with Crippen molar-refractivity contribution in [1.82, 2.24) is 4.90 Å². The van der Waals surface area contributed by atoms with Gasteiger partial charge in [-0.15, -0.1) is 0 Å². The van der Waals surface area contributed by atoms with Crippen molar-refractivity contribution in [3.05, 3.63) is 29.8 Å². The van der Waals surface area contributed by atoms with Gasteiger partial charge in [0.15, 0.2) is 5.96 Å². The number of nitrogens with two attached hydrogens (primary N) is 1. The van der Waals surface area contributed by atoms with E-state index in [9.17, 15) is 13.2 Å². The van der Waals surface area contributed by atoms with E-state index in [4.69, 9.17) is 10.5 Å². The lowest BCUT2D eigenvalue weighted by molar-refractivity contribution is -0.143. The number of ether oxygens (including phenoxy) is 1. The Bertz CT molecular complexity index is 506. The Hall–Kier alpha value is -1.80. The highest BCUT2D eigenvalue weighted by atomic mass is 19.4. The molecule has 0 saturated carbocycles. The summed E-state index contributed by atoms with van der Waals surface area (Å²) in [5.74, 6) is 0.229. The van der Waals surface area contributed by atoms with Gasteiger partial charge >= 0.3 is 6.18 Å². The second-order valence-corrected chi connectivity index (χ2v) is 5.19. The summed E-state index contributed by atoms with van der Waals surface area (Å²) < 4.78 is 41.6. The maximum absolute atomic E-state index is 12.2. The highest BCUT2D eigenvalue weighted by Crippen LogP contribution is 2.16. The zero-order chi connectivity index (χ0) is 17.3. The summed E-state index contributed by atoms with van der Waals surface area (Å²) >= 11 is 0. The van der Waals surface area contributed by atoms with Crippen LogP contribution in [0.2, 0.25) is 0 Å². The van der Waals surface area contributed by atoms with E-state index < -0.39 is 12.7 Å². The molecule has 0 aromatic heterocycles. The molecular formula is C15H23F3N4O. The minimum atomic E-state index is -4.18. The fraction of sp³-hybridized carbons (Fsp3) is 0.533. The van der Waals surface area contributed by atoms with Crippen LogP contribution in [0, 0.1) is 0 Å². The maximum atomic E-state index is 12.2. The van der Waals surface area contributed by atoms with Crippen LogP contribution in [-0.4, -0.2) is 50.8 Å². The summed E-state index contributed by atoms with van der Waals surface area (Å²) in [6, 6.07) is 7.52. The first-order chi connectivity index (χ1) is 10.8. The van der Waals surface area contributed by atoms with Gasteiger partial charge in [0.1, 0.15) is 0 Å². The van der Waals surface area contributed by atoms with Crippen LogP contribution in [0.5, 0.6) is 0 Å². The minimum absolute atomic E-state index is 0.229. The molecule has 1 rings (SSSR count). The van der Waals surface area contributed by atoms with Crippen LogP contribution in [0.25, 0.3) is 0 Å². The van der Waals surface area contributed by atoms with Gasteiger partial charge in [0, 0.05) is 24.9 Å². The third-order valence-corrected chi connectivity index (χ3v) is 3.01. The van der Waals surface area contributed by atoms with Crippen molar-refractivity contribution < 1.29 is 17.9 Å². The van der Waals surface area contributed by atoms with Crippen LogP contribution in [-0.2, 0) is 11.3 Å². The quantitative estimate of drug-likeness (QED) is 0.436. The Morgan fingerprint density at radius 3 is 2.70 bits per heavy atom. The molecular weight excluding hydrogens is 309 g/mol. The zero-order valence-corrected chi connectivity index (χ0v) is 13.4. The van der Waals surface area contributed by atoms with Crippen LogP contribution in [0.4, 0.5) is 18.9 Å². The van der Waals surface area contributed by atoms with Gasteiger partial charge in [-0.3, -0.25) is 9.89 Å². The molecule has 0 aliphatic carbocycles. The summed E-state index contributed by atoms with van der Waals surface area (Å²) in [4.78, 5) is 5.34. The number of halogens is 3. The minimum Gasteiger partial charge on any atom is -0.380 e. The molecule has 0 fully saturated rings. The van der Waals surface area contributed by atoms with Crippen molar-refractivity contribution in [3.8, 4) is 0 Å². The molecule has 8 heteroatoms. The molecule has 0 spiro atoms. The van der Waals surface area contributed by atoms with E-state index in [-0.39, 0.29) is 5.96 Å². The van der Waals surface area contributed by atoms with Crippen molar-refractivity contribution in [2.24, 2.45) is 10.7 Å². The first-order valence-electron chi connectivity index (χ1n) is 7.21. The van der Waals surface area contributed by atoms with E-state index in [0.29, 0.717) is 26.1 Å². The Morgan fingerprint density at radius 2 is 2.04 bits per heavy atom. The van der Waals surface area contributed by atoms with E-state index in [2.05, 4.69) is 10.3 Å². The first kappa shape index (κ1) is 19.2. The molecule has 0 aliphatic rings. The van der Waals surface area contributed by atoms with Gasteiger partial charge in [0.25, 0.3) is 0 Å². The van der Waals surface area contributed by atoms with Crippen molar-refractivity contribution in [2.75, 3.05) is 39.1 Å². The molecule has 3 N–H and O–H groups in total. The number of rotatable bonds is 8. The molecule has 1 aromatic rings. The van der Waals surface area contributed by atoms with Gasteiger partial charge in [0.2, 0.25) is 0 Å². The van der Waals surface area contributed by atoms with Crippen LogP contribution >= 0.6 is 0 Å². The zero-order valence-electron chi connectivity index (χ0n) is 13.4. The third kappa shape index (κ3) is 8.41. The molecule has 0 radical (unpaired) electrons. The van der Waals surface area contributed by atoms with E-state index in [1.54, 1.807) is 7.11 Å². The number of nitrogens with zero attached hydrogens (tertiary/aromatic N) is 2. The van der Waals surface area contributed by atoms with Crippen LogP contribution < -0.4 is 11.1 Å². The Labute approximate surface area is 134 Å². The highest BCUT2D eigenvalue weighted by molar-refractivity contribution is 5.92. The summed E-state index contributed by atoms with van der Waals surface area (Å²) in [6.45, 7) is 0.178. The standard InChI is InChI=1S/C15H23F3N4O/c1-22(11-15(16,17)18)9-5-8-20-14(19)21-13-7-4-3-6-12(13)10-23-2/h3-4,6-7H,5,8-11H2,1-2H3,(H3,19,20,21). The molecule has 0 bridgehead atoms. The predicted molar refractivity (Wildman–Crippen MR) is 85.4 cm³/mol. The average Bonchev–Trinajstić information content (AvgIpc) is 2.44. The molecule has 0 amide bonds. The summed E-state index contributed by atoms with van der Waals surface area (Å²) in [7, 11) is 3.03. The van der Waals surface area contributed by atoms with Gasteiger partial charge in [-0.1, -0.05) is 18.2 Å². The number of aliphatic imine (C=N–C) groups is 1. The van der Waals surface area contributed by atoms with Crippen LogP contribution in [0.1, 0.15) is 12.0 Å². The van der Waals surface area contributed by atoms with Crippen LogP contribution in [0.15, 0.2) is 29.3 Å². The van der Waals surface area contributed by atoms with Crippen LogP contribution in [0.3, 0.4) is 0 Å². The molecule has 5 nitrogen and oxygen atoms in total. The number of anilines is 1. The molecule has 1 aromatic carbocycles. The Balaban J connectivity index is 2.41. The Kier molecular flexibility index (Phi) is 7.84. The first-order valence-corrected chi connectivity index (χ1v) is 7.21. The molecule has 130 valence electrons. The van der Waals surface area contributed by atoms with Gasteiger partial charge in [-0.05, 0) is 26.1 Å². The Morgan fingerprint density at radius 1 is 1.35 bits per heavy atom. The lowest BCUT2D eigenvalue weighted by Crippen LogP contribution is -2.32. The van der Waals surface area contributed by atoms with Crippen molar-refractivity contribution in [1.29, 1.82) is 0 Å². The SMILES string of the molecule is COCc1ccccc1NC(N)=NCCCN(C)CC(F)(F)F. The molecule has 0 aliphatic heterocycles. The number of para-hydroxylation sites is 1. The second-order valence-electron chi connectivity index (χ2n) is 5.19. The largest absolute Gasteiger partial charge is 0.401 e. The maximum Gasteiger partial charge on any atom is 0.401 e. The monoisotopic (exact) mass is 332 g/mol. The number of benzene rings is 1. The summed E-state index contributed by atoms with van der Waals surface area (Å²) in [5.41, 5.74) is 7.53. The third-order valence-electron chi connectivity index (χ3n) is 3.01. The molecule has 0 heterocycles. The second kappa shape index (κ2) is 9.36. The van der Waals surface area contributed by atoms with Gasteiger partial charge < -0.3 is 15.8 Å². The van der Waals surface area contributed by atoms with E-state index >= 15 is 0 Å². The number of alkyl halides is 3. The summed E-state index contributed by atoms with van der Waals surface area (Å²) in [6.07, 6.45) is -3.68. The van der Waals surface area contributed by atoms with E-state index in [1.807, 2.05) is 24.3 Å². The average molecular weight is 332 g/mol. The molecule has 0 unspecified atom stereocenters. The van der Waals surface area contributed by atoms with E-state index in [1.165, 1.54) is 11.9 Å².